The molecule has 1 heterocycles. The van der Waals surface area contributed by atoms with Crippen LogP contribution in [0.4, 0.5) is 0 Å². The first kappa shape index (κ1) is 10.7. The normalized spacial score (nSPS) is 28.2. The van der Waals surface area contributed by atoms with Crippen LogP contribution in [0.1, 0.15) is 32.6 Å². The zero-order valence-corrected chi connectivity index (χ0v) is 10.7. The molecule has 2 fully saturated rings. The van der Waals surface area contributed by atoms with Crippen LogP contribution in [0.3, 0.4) is 0 Å². The topological polar surface area (TPSA) is 3.24 Å². The van der Waals surface area contributed by atoms with Crippen molar-refractivity contribution >= 4 is 11.9 Å². The van der Waals surface area contributed by atoms with Crippen LogP contribution in [0, 0.1) is 5.41 Å². The summed E-state index contributed by atoms with van der Waals surface area (Å²) in [6.07, 6.45) is 5.79. The molecule has 0 N–H and O–H groups in total. The lowest BCUT2D eigenvalue weighted by Crippen LogP contribution is -2.31. The highest BCUT2D eigenvalue weighted by atomic mass is 32.2. The first-order valence-corrected chi connectivity index (χ1v) is 7.05. The Morgan fingerprint density at radius 3 is 2.56 bits per heavy atom. The highest BCUT2D eigenvalue weighted by Crippen LogP contribution is 2.52. The van der Waals surface area contributed by atoms with Crippen LogP contribution in [-0.2, 0) is 0 Å². The van der Waals surface area contributed by atoms with Gasteiger partial charge in [-0.15, -0.1) is 0 Å². The second-order valence-electron chi connectivity index (χ2n) is 5.39. The second kappa shape index (κ2) is 4.08. The Labute approximate surface area is 102 Å². The van der Waals surface area contributed by atoms with Crippen molar-refractivity contribution < 1.29 is 0 Å². The van der Waals surface area contributed by atoms with Gasteiger partial charge in [-0.05, 0) is 55.7 Å². The van der Waals surface area contributed by atoms with E-state index in [1.165, 1.54) is 37.1 Å². The molecule has 1 spiro atoms. The van der Waals surface area contributed by atoms with E-state index in [4.69, 9.17) is 0 Å². The summed E-state index contributed by atoms with van der Waals surface area (Å²) in [5.41, 5.74) is 0.696. The van der Waals surface area contributed by atoms with E-state index in [1.807, 2.05) is 11.9 Å². The van der Waals surface area contributed by atoms with Gasteiger partial charge < -0.3 is 0 Å². The minimum Gasteiger partial charge on any atom is -0.243 e. The average Bonchev–Trinajstić information content (AvgIpc) is 2.58. The smallest absolute Gasteiger partial charge is 0.0230 e. The highest BCUT2D eigenvalue weighted by Gasteiger charge is 2.46. The van der Waals surface area contributed by atoms with Crippen LogP contribution in [0.25, 0.3) is 0 Å². The average molecular weight is 233 g/mol. The Hall–Kier alpha value is -0.470. The molecule has 0 radical (unpaired) electrons. The summed E-state index contributed by atoms with van der Waals surface area (Å²) >= 11 is 1.94. The van der Waals surface area contributed by atoms with E-state index < -0.39 is 0 Å². The van der Waals surface area contributed by atoms with Gasteiger partial charge in [-0.25, -0.2) is 4.31 Å². The molecule has 0 bridgehead atoms. The molecule has 1 saturated heterocycles. The van der Waals surface area contributed by atoms with Crippen LogP contribution in [0.5, 0.6) is 0 Å². The van der Waals surface area contributed by atoms with Crippen molar-refractivity contribution in [2.75, 3.05) is 6.54 Å². The molecule has 1 saturated carbocycles. The summed E-state index contributed by atoms with van der Waals surface area (Å²) in [5, 5.41) is 0. The molecular weight excluding hydrogens is 214 g/mol. The summed E-state index contributed by atoms with van der Waals surface area (Å²) in [7, 11) is 0. The summed E-state index contributed by atoms with van der Waals surface area (Å²) in [6.45, 7) is 3.68. The maximum Gasteiger partial charge on any atom is 0.0230 e. The fourth-order valence-corrected chi connectivity index (χ4v) is 4.20. The third kappa shape index (κ3) is 1.89. The molecule has 2 heteroatoms. The number of hydrogen-bond donors (Lipinski definition) is 0. The van der Waals surface area contributed by atoms with E-state index in [1.54, 1.807) is 0 Å². The first-order valence-electron chi connectivity index (χ1n) is 6.27. The molecular formula is C14H19NS. The number of nitrogens with zero attached hydrogens (tertiary/aromatic N) is 1. The van der Waals surface area contributed by atoms with Crippen molar-refractivity contribution in [1.29, 1.82) is 0 Å². The van der Waals surface area contributed by atoms with Gasteiger partial charge in [0.1, 0.15) is 0 Å². The predicted octanol–water partition coefficient (Wildman–Crippen LogP) is 3.96. The Morgan fingerprint density at radius 1 is 1.25 bits per heavy atom. The van der Waals surface area contributed by atoms with E-state index in [9.17, 15) is 0 Å². The van der Waals surface area contributed by atoms with Gasteiger partial charge in [-0.2, -0.15) is 0 Å². The summed E-state index contributed by atoms with van der Waals surface area (Å²) < 4.78 is 2.59. The standard InChI is InChI=1S/C14H19NS/c1-12-10-14(8-5-9-14)11-15(12)16-13-6-3-2-4-7-13/h2-4,6-7,12H,5,8-11H2,1H3. The van der Waals surface area contributed by atoms with E-state index in [0.717, 1.165) is 6.04 Å². The van der Waals surface area contributed by atoms with Gasteiger partial charge in [-0.3, -0.25) is 0 Å². The van der Waals surface area contributed by atoms with Crippen LogP contribution < -0.4 is 0 Å². The van der Waals surface area contributed by atoms with Crippen molar-refractivity contribution in [2.24, 2.45) is 5.41 Å². The zero-order chi connectivity index (χ0) is 11.0. The lowest BCUT2D eigenvalue weighted by Gasteiger charge is -2.38. The van der Waals surface area contributed by atoms with Crippen molar-refractivity contribution in [3.63, 3.8) is 0 Å². The third-order valence-corrected chi connectivity index (χ3v) is 5.30. The summed E-state index contributed by atoms with van der Waals surface area (Å²) in [5.74, 6) is 0. The molecule has 0 amide bonds. The van der Waals surface area contributed by atoms with Gasteiger partial charge in [-0.1, -0.05) is 24.6 Å². The Bertz CT molecular complexity index is 358. The second-order valence-corrected chi connectivity index (χ2v) is 6.51. The minimum absolute atomic E-state index is 0.696. The molecule has 1 aromatic rings. The van der Waals surface area contributed by atoms with Gasteiger partial charge >= 0.3 is 0 Å². The first-order chi connectivity index (χ1) is 7.77. The fourth-order valence-electron chi connectivity index (χ4n) is 3.06. The third-order valence-electron chi connectivity index (χ3n) is 4.09. The van der Waals surface area contributed by atoms with Gasteiger partial charge in [0.15, 0.2) is 0 Å². The summed E-state index contributed by atoms with van der Waals surface area (Å²) in [4.78, 5) is 1.38. The summed E-state index contributed by atoms with van der Waals surface area (Å²) in [6, 6.07) is 11.5. The number of hydrogen-bond acceptors (Lipinski definition) is 2. The van der Waals surface area contributed by atoms with Crippen LogP contribution in [-0.4, -0.2) is 16.9 Å². The molecule has 2 aliphatic rings. The molecule has 1 aromatic carbocycles. The van der Waals surface area contributed by atoms with Gasteiger partial charge in [0, 0.05) is 17.5 Å². The maximum atomic E-state index is 2.59. The largest absolute Gasteiger partial charge is 0.243 e. The Morgan fingerprint density at radius 2 is 2.00 bits per heavy atom. The molecule has 1 nitrogen and oxygen atoms in total. The molecule has 1 aliphatic heterocycles. The predicted molar refractivity (Wildman–Crippen MR) is 69.4 cm³/mol. The molecule has 16 heavy (non-hydrogen) atoms. The number of benzene rings is 1. The van der Waals surface area contributed by atoms with E-state index in [-0.39, 0.29) is 0 Å². The fraction of sp³-hybridized carbons (Fsp3) is 0.571. The van der Waals surface area contributed by atoms with Gasteiger partial charge in [0.2, 0.25) is 0 Å². The molecule has 1 unspecified atom stereocenters. The van der Waals surface area contributed by atoms with Crippen molar-refractivity contribution in [3.8, 4) is 0 Å². The van der Waals surface area contributed by atoms with Gasteiger partial charge in [0.25, 0.3) is 0 Å². The van der Waals surface area contributed by atoms with Crippen molar-refractivity contribution in [3.05, 3.63) is 30.3 Å². The molecule has 0 aromatic heterocycles. The van der Waals surface area contributed by atoms with Crippen molar-refractivity contribution in [2.45, 2.75) is 43.5 Å². The van der Waals surface area contributed by atoms with Crippen LogP contribution in [0.2, 0.25) is 0 Å². The molecule has 86 valence electrons. The molecule has 1 atom stereocenters. The van der Waals surface area contributed by atoms with Crippen LogP contribution >= 0.6 is 11.9 Å². The minimum atomic E-state index is 0.696. The lowest BCUT2D eigenvalue weighted by molar-refractivity contribution is 0.154. The van der Waals surface area contributed by atoms with E-state index in [2.05, 4.69) is 41.6 Å². The van der Waals surface area contributed by atoms with Gasteiger partial charge in [0.05, 0.1) is 0 Å². The van der Waals surface area contributed by atoms with E-state index in [0.29, 0.717) is 5.41 Å². The maximum absolute atomic E-state index is 2.59. The number of rotatable bonds is 2. The quantitative estimate of drug-likeness (QED) is 0.711. The van der Waals surface area contributed by atoms with Crippen LogP contribution in [0.15, 0.2) is 35.2 Å². The lowest BCUT2D eigenvalue weighted by atomic mass is 9.68. The molecule has 3 rings (SSSR count). The SMILES string of the molecule is CC1CC2(CCC2)CN1Sc1ccccc1. The Balaban J connectivity index is 1.67. The monoisotopic (exact) mass is 233 g/mol. The highest BCUT2D eigenvalue weighted by molar-refractivity contribution is 7.97. The molecule has 1 aliphatic carbocycles. The van der Waals surface area contributed by atoms with Crippen molar-refractivity contribution in [1.82, 2.24) is 4.31 Å². The zero-order valence-electron chi connectivity index (χ0n) is 9.86. The van der Waals surface area contributed by atoms with E-state index >= 15 is 0 Å². The Kier molecular flexibility index (Phi) is 2.72.